The Hall–Kier alpha value is -1.16. The van der Waals surface area contributed by atoms with Crippen LogP contribution in [-0.4, -0.2) is 40.0 Å². The molecule has 0 spiro atoms. The molecule has 2 atom stereocenters. The van der Waals surface area contributed by atoms with Gasteiger partial charge in [0.25, 0.3) is 0 Å². The first kappa shape index (κ1) is 10.0. The van der Waals surface area contributed by atoms with Crippen molar-refractivity contribution in [3.05, 3.63) is 18.6 Å². The number of aromatic nitrogens is 2. The monoisotopic (exact) mass is 218 g/mol. The van der Waals surface area contributed by atoms with Crippen LogP contribution in [0.3, 0.4) is 0 Å². The van der Waals surface area contributed by atoms with Gasteiger partial charge in [-0.3, -0.25) is 0 Å². The molecule has 0 amide bonds. The summed E-state index contributed by atoms with van der Waals surface area (Å²) in [5.41, 5.74) is 0. The van der Waals surface area contributed by atoms with E-state index in [2.05, 4.69) is 20.2 Å². The molecule has 0 bridgehead atoms. The van der Waals surface area contributed by atoms with Crippen molar-refractivity contribution in [2.24, 2.45) is 0 Å². The van der Waals surface area contributed by atoms with Gasteiger partial charge < -0.3 is 10.2 Å². The maximum atomic E-state index is 4.22. The molecular formula is C12H18N4. The number of piperidine rings is 1. The van der Waals surface area contributed by atoms with Crippen LogP contribution in [0.1, 0.15) is 25.7 Å². The number of fused-ring (bicyclic) bond motifs is 1. The van der Waals surface area contributed by atoms with E-state index in [1.165, 1.54) is 38.8 Å². The molecule has 1 N–H and O–H groups in total. The Labute approximate surface area is 96.1 Å². The van der Waals surface area contributed by atoms with Crippen molar-refractivity contribution in [1.29, 1.82) is 0 Å². The number of hydrogen-bond acceptors (Lipinski definition) is 4. The van der Waals surface area contributed by atoms with Gasteiger partial charge in [0.1, 0.15) is 12.1 Å². The molecule has 0 aliphatic carbocycles. The van der Waals surface area contributed by atoms with E-state index in [1.807, 2.05) is 6.07 Å². The first-order valence-electron chi connectivity index (χ1n) is 6.18. The molecular weight excluding hydrogens is 200 g/mol. The van der Waals surface area contributed by atoms with E-state index >= 15 is 0 Å². The Morgan fingerprint density at radius 2 is 2.31 bits per heavy atom. The topological polar surface area (TPSA) is 41.0 Å². The normalized spacial score (nSPS) is 30.0. The zero-order chi connectivity index (χ0) is 10.8. The van der Waals surface area contributed by atoms with Crippen LogP contribution in [0.15, 0.2) is 18.6 Å². The Balaban J connectivity index is 1.60. The Morgan fingerprint density at radius 1 is 1.31 bits per heavy atom. The first-order valence-corrected chi connectivity index (χ1v) is 6.18. The molecule has 86 valence electrons. The van der Waals surface area contributed by atoms with Gasteiger partial charge in [-0.15, -0.1) is 0 Å². The lowest BCUT2D eigenvalue weighted by Crippen LogP contribution is -2.42. The van der Waals surface area contributed by atoms with Crippen molar-refractivity contribution >= 4 is 5.82 Å². The molecule has 1 aromatic heterocycles. The van der Waals surface area contributed by atoms with E-state index in [1.54, 1.807) is 12.5 Å². The van der Waals surface area contributed by atoms with Gasteiger partial charge in [0, 0.05) is 24.8 Å². The molecule has 1 aromatic rings. The number of rotatable bonds is 2. The van der Waals surface area contributed by atoms with Crippen molar-refractivity contribution in [2.45, 2.75) is 37.8 Å². The van der Waals surface area contributed by atoms with Crippen molar-refractivity contribution in [3.8, 4) is 0 Å². The van der Waals surface area contributed by atoms with E-state index in [0.29, 0.717) is 6.04 Å². The minimum Gasteiger partial charge on any atom is -0.367 e. The van der Waals surface area contributed by atoms with Gasteiger partial charge in [-0.2, -0.15) is 0 Å². The Bertz CT molecular complexity index is 340. The summed E-state index contributed by atoms with van der Waals surface area (Å²) in [4.78, 5) is 10.8. The summed E-state index contributed by atoms with van der Waals surface area (Å²) in [7, 11) is 0. The highest BCUT2D eigenvalue weighted by molar-refractivity contribution is 5.33. The van der Waals surface area contributed by atoms with Gasteiger partial charge in [-0.25, -0.2) is 9.97 Å². The van der Waals surface area contributed by atoms with Gasteiger partial charge in [-0.1, -0.05) is 0 Å². The summed E-state index contributed by atoms with van der Waals surface area (Å²) in [5, 5.41) is 3.52. The highest BCUT2D eigenvalue weighted by atomic mass is 15.2. The SMILES string of the molecule is c1cc(NC2CCN3CCCC3C2)ncn1. The van der Waals surface area contributed by atoms with E-state index in [9.17, 15) is 0 Å². The third-order valence-electron chi connectivity index (χ3n) is 3.75. The largest absolute Gasteiger partial charge is 0.367 e. The molecule has 4 nitrogen and oxygen atoms in total. The lowest BCUT2D eigenvalue weighted by Gasteiger charge is -2.35. The molecule has 3 rings (SSSR count). The summed E-state index contributed by atoms with van der Waals surface area (Å²) in [6, 6.07) is 3.35. The molecule has 2 fully saturated rings. The molecule has 2 aliphatic rings. The van der Waals surface area contributed by atoms with E-state index < -0.39 is 0 Å². The van der Waals surface area contributed by atoms with Crippen molar-refractivity contribution in [2.75, 3.05) is 18.4 Å². The van der Waals surface area contributed by atoms with Crippen molar-refractivity contribution in [3.63, 3.8) is 0 Å². The van der Waals surface area contributed by atoms with Gasteiger partial charge in [0.2, 0.25) is 0 Å². The number of nitrogens with zero attached hydrogens (tertiary/aromatic N) is 3. The summed E-state index contributed by atoms with van der Waals surface area (Å²) >= 11 is 0. The van der Waals surface area contributed by atoms with Crippen molar-refractivity contribution in [1.82, 2.24) is 14.9 Å². The summed E-state index contributed by atoms with van der Waals surface area (Å²) < 4.78 is 0. The predicted octanol–water partition coefficient (Wildman–Crippen LogP) is 1.52. The standard InChI is InChI=1S/C12H18N4/c1-2-11-8-10(4-7-16(11)6-1)15-12-3-5-13-9-14-12/h3,5,9-11H,1-2,4,6-8H2,(H,13,14,15). The number of anilines is 1. The van der Waals surface area contributed by atoms with Crippen LogP contribution in [-0.2, 0) is 0 Å². The van der Waals surface area contributed by atoms with Gasteiger partial charge in [0.15, 0.2) is 0 Å². The Morgan fingerprint density at radius 3 is 3.19 bits per heavy atom. The van der Waals surface area contributed by atoms with Crippen LogP contribution >= 0.6 is 0 Å². The maximum Gasteiger partial charge on any atom is 0.129 e. The maximum absolute atomic E-state index is 4.22. The van der Waals surface area contributed by atoms with E-state index in [0.717, 1.165) is 11.9 Å². The molecule has 0 saturated carbocycles. The molecule has 16 heavy (non-hydrogen) atoms. The second-order valence-electron chi connectivity index (χ2n) is 4.79. The van der Waals surface area contributed by atoms with Crippen LogP contribution in [0.25, 0.3) is 0 Å². The van der Waals surface area contributed by atoms with Gasteiger partial charge >= 0.3 is 0 Å². The van der Waals surface area contributed by atoms with Crippen LogP contribution in [0.4, 0.5) is 5.82 Å². The third-order valence-corrected chi connectivity index (χ3v) is 3.75. The second kappa shape index (κ2) is 4.37. The highest BCUT2D eigenvalue weighted by Crippen LogP contribution is 2.27. The molecule has 0 radical (unpaired) electrons. The van der Waals surface area contributed by atoms with Gasteiger partial charge in [-0.05, 0) is 38.3 Å². The van der Waals surface area contributed by atoms with Gasteiger partial charge in [0.05, 0.1) is 0 Å². The van der Waals surface area contributed by atoms with Crippen LogP contribution in [0, 0.1) is 0 Å². The third kappa shape index (κ3) is 2.02. The lowest BCUT2D eigenvalue weighted by molar-refractivity contribution is 0.188. The molecule has 4 heteroatoms. The first-order chi connectivity index (χ1) is 7.92. The molecule has 2 aliphatic heterocycles. The molecule has 2 saturated heterocycles. The number of nitrogens with one attached hydrogen (secondary N) is 1. The zero-order valence-corrected chi connectivity index (χ0v) is 9.47. The predicted molar refractivity (Wildman–Crippen MR) is 63.3 cm³/mol. The summed E-state index contributed by atoms with van der Waals surface area (Å²) in [6.07, 6.45) is 8.66. The fourth-order valence-corrected chi connectivity index (χ4v) is 2.94. The lowest BCUT2D eigenvalue weighted by atomic mass is 9.98. The Kier molecular flexibility index (Phi) is 2.74. The second-order valence-corrected chi connectivity index (χ2v) is 4.79. The van der Waals surface area contributed by atoms with Crippen LogP contribution < -0.4 is 5.32 Å². The highest BCUT2D eigenvalue weighted by Gasteiger charge is 2.31. The quantitative estimate of drug-likeness (QED) is 0.817. The minimum absolute atomic E-state index is 0.592. The van der Waals surface area contributed by atoms with Crippen LogP contribution in [0.5, 0.6) is 0 Å². The molecule has 2 unspecified atom stereocenters. The van der Waals surface area contributed by atoms with Crippen molar-refractivity contribution < 1.29 is 0 Å². The van der Waals surface area contributed by atoms with E-state index in [4.69, 9.17) is 0 Å². The number of hydrogen-bond donors (Lipinski definition) is 1. The average Bonchev–Trinajstić information content (AvgIpc) is 2.77. The van der Waals surface area contributed by atoms with E-state index in [-0.39, 0.29) is 0 Å². The smallest absolute Gasteiger partial charge is 0.129 e. The molecule has 0 aromatic carbocycles. The summed E-state index contributed by atoms with van der Waals surface area (Å²) in [5.74, 6) is 0.964. The minimum atomic E-state index is 0.592. The molecule has 3 heterocycles. The zero-order valence-electron chi connectivity index (χ0n) is 9.47. The average molecular weight is 218 g/mol. The fourth-order valence-electron chi connectivity index (χ4n) is 2.94. The van der Waals surface area contributed by atoms with Crippen LogP contribution in [0.2, 0.25) is 0 Å². The fraction of sp³-hybridized carbons (Fsp3) is 0.667. The summed E-state index contributed by atoms with van der Waals surface area (Å²) in [6.45, 7) is 2.55.